The van der Waals surface area contributed by atoms with Gasteiger partial charge in [0.05, 0.1) is 20.9 Å². The van der Waals surface area contributed by atoms with Gasteiger partial charge in [-0.15, -0.1) is 11.3 Å². The molecule has 1 aromatic heterocycles. The molecule has 0 aromatic carbocycles. The molecule has 0 amide bonds. The number of hydrogen-bond acceptors (Lipinski definition) is 4. The van der Waals surface area contributed by atoms with Crippen LogP contribution in [0.2, 0.25) is 0 Å². The lowest BCUT2D eigenvalue weighted by Crippen LogP contribution is -2.48. The Kier molecular flexibility index (Phi) is 4.18. The molecule has 0 saturated carbocycles. The third kappa shape index (κ3) is 2.80. The monoisotopic (exact) mass is 353 g/mol. The first-order valence-electron chi connectivity index (χ1n) is 5.72. The van der Waals surface area contributed by atoms with E-state index in [1.807, 2.05) is 20.8 Å². The van der Waals surface area contributed by atoms with Crippen molar-refractivity contribution in [3.05, 3.63) is 14.7 Å². The van der Waals surface area contributed by atoms with Crippen molar-refractivity contribution in [1.82, 2.24) is 4.31 Å². The molecule has 18 heavy (non-hydrogen) atoms. The maximum absolute atomic E-state index is 12.6. The molecule has 1 aromatic rings. The Balaban J connectivity index is 2.34. The van der Waals surface area contributed by atoms with Crippen molar-refractivity contribution in [2.24, 2.45) is 0 Å². The highest BCUT2D eigenvalue weighted by Gasteiger charge is 2.33. The van der Waals surface area contributed by atoms with Gasteiger partial charge < -0.3 is 4.74 Å². The Labute approximate surface area is 120 Å². The van der Waals surface area contributed by atoms with Crippen molar-refractivity contribution in [3.8, 4) is 0 Å². The van der Waals surface area contributed by atoms with Crippen LogP contribution >= 0.6 is 27.3 Å². The molecule has 4 nitrogen and oxygen atoms in total. The molecular formula is C11H16BrNO3S2. The highest BCUT2D eigenvalue weighted by Crippen LogP contribution is 2.32. The number of hydrogen-bond donors (Lipinski definition) is 0. The van der Waals surface area contributed by atoms with Gasteiger partial charge in [-0.1, -0.05) is 0 Å². The van der Waals surface area contributed by atoms with Gasteiger partial charge in [0.2, 0.25) is 10.0 Å². The fourth-order valence-electron chi connectivity index (χ4n) is 2.15. The topological polar surface area (TPSA) is 46.6 Å². The summed E-state index contributed by atoms with van der Waals surface area (Å²) in [6.07, 6.45) is -0.128. The molecule has 0 aliphatic carbocycles. The SMILES string of the molecule is Cc1sc(Br)cc1S(=O)(=O)N1C[C@@H](C)O[C@@H](C)C1. The lowest BCUT2D eigenvalue weighted by Gasteiger charge is -2.34. The largest absolute Gasteiger partial charge is 0.373 e. The van der Waals surface area contributed by atoms with E-state index in [4.69, 9.17) is 4.74 Å². The summed E-state index contributed by atoms with van der Waals surface area (Å²) in [7, 11) is -3.40. The van der Waals surface area contributed by atoms with Crippen LogP contribution in [0.25, 0.3) is 0 Å². The Bertz CT molecular complexity index is 530. The summed E-state index contributed by atoms with van der Waals surface area (Å²) in [5, 5.41) is 0. The maximum atomic E-state index is 12.6. The van der Waals surface area contributed by atoms with E-state index in [1.165, 1.54) is 15.6 Å². The number of sulfonamides is 1. The highest BCUT2D eigenvalue weighted by atomic mass is 79.9. The molecule has 0 N–H and O–H groups in total. The van der Waals surface area contributed by atoms with Crippen molar-refractivity contribution in [3.63, 3.8) is 0 Å². The summed E-state index contributed by atoms with van der Waals surface area (Å²) >= 11 is 4.78. The third-order valence-electron chi connectivity index (χ3n) is 2.85. The number of morpholine rings is 1. The Morgan fingerprint density at radius 1 is 1.39 bits per heavy atom. The van der Waals surface area contributed by atoms with E-state index in [1.54, 1.807) is 6.07 Å². The van der Waals surface area contributed by atoms with Crippen LogP contribution in [-0.4, -0.2) is 38.0 Å². The Morgan fingerprint density at radius 2 is 1.94 bits per heavy atom. The summed E-state index contributed by atoms with van der Waals surface area (Å²) < 4.78 is 33.1. The minimum absolute atomic E-state index is 0.0640. The molecule has 0 radical (unpaired) electrons. The van der Waals surface area contributed by atoms with Crippen molar-refractivity contribution in [2.45, 2.75) is 37.9 Å². The van der Waals surface area contributed by atoms with E-state index in [0.29, 0.717) is 18.0 Å². The van der Waals surface area contributed by atoms with Crippen molar-refractivity contribution in [1.29, 1.82) is 0 Å². The van der Waals surface area contributed by atoms with Crippen molar-refractivity contribution >= 4 is 37.3 Å². The van der Waals surface area contributed by atoms with Gasteiger partial charge in [-0.05, 0) is 42.8 Å². The van der Waals surface area contributed by atoms with Crippen LogP contribution in [-0.2, 0) is 14.8 Å². The molecule has 2 rings (SSSR count). The number of aryl methyl sites for hydroxylation is 1. The second-order valence-corrected chi connectivity index (χ2v) is 9.09. The summed E-state index contributed by atoms with van der Waals surface area (Å²) in [4.78, 5) is 1.22. The molecule has 2 atom stereocenters. The molecule has 102 valence electrons. The van der Waals surface area contributed by atoms with Gasteiger partial charge in [0.1, 0.15) is 0 Å². The Hall–Kier alpha value is 0.0500. The van der Waals surface area contributed by atoms with Crippen LogP contribution in [0.1, 0.15) is 18.7 Å². The lowest BCUT2D eigenvalue weighted by atomic mass is 10.3. The van der Waals surface area contributed by atoms with E-state index in [2.05, 4.69) is 15.9 Å². The average Bonchev–Trinajstić information content (AvgIpc) is 2.57. The molecule has 1 aliphatic rings. The van der Waals surface area contributed by atoms with Crippen LogP contribution in [0.5, 0.6) is 0 Å². The second-order valence-electron chi connectivity index (χ2n) is 4.55. The van der Waals surface area contributed by atoms with Crippen LogP contribution in [0.15, 0.2) is 14.7 Å². The van der Waals surface area contributed by atoms with E-state index in [-0.39, 0.29) is 12.2 Å². The summed E-state index contributed by atoms with van der Waals surface area (Å²) in [5.74, 6) is 0. The smallest absolute Gasteiger partial charge is 0.244 e. The number of ether oxygens (including phenoxy) is 1. The molecule has 0 unspecified atom stereocenters. The van der Waals surface area contributed by atoms with Gasteiger partial charge in [0.25, 0.3) is 0 Å². The van der Waals surface area contributed by atoms with Crippen molar-refractivity contribution < 1.29 is 13.2 Å². The van der Waals surface area contributed by atoms with Gasteiger partial charge >= 0.3 is 0 Å². The quantitative estimate of drug-likeness (QED) is 0.820. The molecule has 0 bridgehead atoms. The number of rotatable bonds is 2. The summed E-state index contributed by atoms with van der Waals surface area (Å²) in [6, 6.07) is 1.68. The molecule has 2 heterocycles. The fraction of sp³-hybridized carbons (Fsp3) is 0.636. The number of nitrogens with zero attached hydrogens (tertiary/aromatic N) is 1. The normalized spacial score (nSPS) is 26.4. The Morgan fingerprint density at radius 3 is 2.39 bits per heavy atom. The first-order valence-corrected chi connectivity index (χ1v) is 8.77. The first-order chi connectivity index (χ1) is 8.30. The van der Waals surface area contributed by atoms with Crippen LogP contribution in [0.4, 0.5) is 0 Å². The van der Waals surface area contributed by atoms with Crippen LogP contribution in [0, 0.1) is 6.92 Å². The van der Waals surface area contributed by atoms with Crippen molar-refractivity contribution in [2.75, 3.05) is 13.1 Å². The second kappa shape index (κ2) is 5.20. The highest BCUT2D eigenvalue weighted by molar-refractivity contribution is 9.11. The van der Waals surface area contributed by atoms with Gasteiger partial charge in [-0.3, -0.25) is 0 Å². The zero-order valence-electron chi connectivity index (χ0n) is 10.5. The predicted octanol–water partition coefficient (Wildman–Crippen LogP) is 2.62. The number of thiophene rings is 1. The van der Waals surface area contributed by atoms with E-state index in [0.717, 1.165) is 8.66 Å². The first kappa shape index (κ1) is 14.5. The molecule has 7 heteroatoms. The molecule has 1 saturated heterocycles. The van der Waals surface area contributed by atoms with E-state index >= 15 is 0 Å². The lowest BCUT2D eigenvalue weighted by molar-refractivity contribution is -0.0440. The number of halogens is 1. The van der Waals surface area contributed by atoms with E-state index in [9.17, 15) is 8.42 Å². The van der Waals surface area contributed by atoms with Gasteiger partial charge in [0.15, 0.2) is 0 Å². The molecular weight excluding hydrogens is 338 g/mol. The fourth-order valence-corrected chi connectivity index (χ4v) is 6.13. The average molecular weight is 354 g/mol. The molecule has 1 fully saturated rings. The minimum atomic E-state index is -3.40. The minimum Gasteiger partial charge on any atom is -0.373 e. The van der Waals surface area contributed by atoms with E-state index < -0.39 is 10.0 Å². The zero-order valence-corrected chi connectivity index (χ0v) is 13.7. The van der Waals surface area contributed by atoms with Crippen LogP contribution in [0.3, 0.4) is 0 Å². The summed E-state index contributed by atoms with van der Waals surface area (Å²) in [6.45, 7) is 6.46. The van der Waals surface area contributed by atoms with Gasteiger partial charge in [0, 0.05) is 18.0 Å². The molecule has 0 spiro atoms. The van der Waals surface area contributed by atoms with Gasteiger partial charge in [-0.25, -0.2) is 8.42 Å². The standard InChI is InChI=1S/C11H16BrNO3S2/c1-7-5-13(6-8(2)16-7)18(14,15)10-4-11(12)17-9(10)3/h4,7-8H,5-6H2,1-3H3/t7-,8+. The van der Waals surface area contributed by atoms with Crippen LogP contribution < -0.4 is 0 Å². The maximum Gasteiger partial charge on any atom is 0.244 e. The predicted molar refractivity (Wildman–Crippen MR) is 75.5 cm³/mol. The third-order valence-corrected chi connectivity index (χ3v) is 6.49. The molecule has 1 aliphatic heterocycles. The zero-order chi connectivity index (χ0) is 13.5. The summed E-state index contributed by atoms with van der Waals surface area (Å²) in [5.41, 5.74) is 0. The van der Waals surface area contributed by atoms with Gasteiger partial charge in [-0.2, -0.15) is 4.31 Å².